The second-order valence-corrected chi connectivity index (χ2v) is 14.9. The van der Waals surface area contributed by atoms with E-state index in [9.17, 15) is 14.4 Å². The summed E-state index contributed by atoms with van der Waals surface area (Å²) in [6, 6.07) is 0. The van der Waals surface area contributed by atoms with Gasteiger partial charge in [-0.3, -0.25) is 14.4 Å². The number of unbranched alkanes of at least 4 members (excludes halogenated alkanes) is 21. The van der Waals surface area contributed by atoms with Crippen LogP contribution in [0.2, 0.25) is 0 Å². The fourth-order valence-electron chi connectivity index (χ4n) is 6.10. The maximum absolute atomic E-state index is 12.7. The van der Waals surface area contributed by atoms with Crippen molar-refractivity contribution >= 4 is 17.9 Å². The zero-order valence-corrected chi connectivity index (χ0v) is 35.5. The Labute approximate surface area is 333 Å². The number of carbonyl (C=O) groups excluding carboxylic acids is 3. The first kappa shape index (κ1) is 51.4. The second-order valence-electron chi connectivity index (χ2n) is 14.9. The Morgan fingerprint density at radius 3 is 1.20 bits per heavy atom. The van der Waals surface area contributed by atoms with Crippen LogP contribution >= 0.6 is 0 Å². The fourth-order valence-corrected chi connectivity index (χ4v) is 6.10. The van der Waals surface area contributed by atoms with Gasteiger partial charge in [0.05, 0.1) is 0 Å². The zero-order valence-electron chi connectivity index (χ0n) is 35.5. The van der Waals surface area contributed by atoms with Gasteiger partial charge >= 0.3 is 17.9 Å². The molecular formula is C48H84O6. The minimum absolute atomic E-state index is 0.0899. The van der Waals surface area contributed by atoms with Crippen molar-refractivity contribution in [2.24, 2.45) is 0 Å². The van der Waals surface area contributed by atoms with E-state index in [0.29, 0.717) is 19.3 Å². The van der Waals surface area contributed by atoms with Crippen molar-refractivity contribution in [3.05, 3.63) is 48.6 Å². The Bertz CT molecular complexity index is 964. The molecule has 1 atom stereocenters. The molecule has 0 saturated carbocycles. The lowest BCUT2D eigenvalue weighted by atomic mass is 10.1. The number of ether oxygens (including phenoxy) is 3. The van der Waals surface area contributed by atoms with Gasteiger partial charge in [0.15, 0.2) is 6.10 Å². The van der Waals surface area contributed by atoms with E-state index in [1.807, 2.05) is 0 Å². The molecule has 0 aliphatic rings. The van der Waals surface area contributed by atoms with Crippen molar-refractivity contribution in [2.75, 3.05) is 13.2 Å². The minimum Gasteiger partial charge on any atom is -0.462 e. The van der Waals surface area contributed by atoms with E-state index in [1.54, 1.807) is 0 Å². The van der Waals surface area contributed by atoms with Crippen LogP contribution in [0.15, 0.2) is 48.6 Å². The van der Waals surface area contributed by atoms with E-state index >= 15 is 0 Å². The molecule has 54 heavy (non-hydrogen) atoms. The number of hydrogen-bond donors (Lipinski definition) is 0. The highest BCUT2D eigenvalue weighted by atomic mass is 16.6. The summed E-state index contributed by atoms with van der Waals surface area (Å²) < 4.78 is 16.6. The van der Waals surface area contributed by atoms with Gasteiger partial charge in [-0.05, 0) is 89.9 Å². The predicted molar refractivity (Wildman–Crippen MR) is 229 cm³/mol. The molecule has 0 N–H and O–H groups in total. The monoisotopic (exact) mass is 757 g/mol. The first-order chi connectivity index (χ1) is 26.5. The second kappa shape index (κ2) is 43.1. The Morgan fingerprint density at radius 2 is 0.741 bits per heavy atom. The van der Waals surface area contributed by atoms with Crippen molar-refractivity contribution in [3.8, 4) is 0 Å². The Morgan fingerprint density at radius 1 is 0.389 bits per heavy atom. The molecule has 312 valence electrons. The molecule has 0 aromatic rings. The van der Waals surface area contributed by atoms with Crippen LogP contribution in [-0.2, 0) is 28.6 Å². The quantitative estimate of drug-likeness (QED) is 0.0268. The summed E-state index contributed by atoms with van der Waals surface area (Å²) in [7, 11) is 0. The minimum atomic E-state index is -0.787. The predicted octanol–water partition coefficient (Wildman–Crippen LogP) is 14.4. The molecular weight excluding hydrogens is 673 g/mol. The molecule has 0 spiro atoms. The first-order valence-corrected chi connectivity index (χ1v) is 22.6. The topological polar surface area (TPSA) is 78.9 Å². The van der Waals surface area contributed by atoms with Crippen LogP contribution < -0.4 is 0 Å². The van der Waals surface area contributed by atoms with E-state index < -0.39 is 6.10 Å². The summed E-state index contributed by atoms with van der Waals surface area (Å²) in [4.78, 5) is 37.7. The van der Waals surface area contributed by atoms with Gasteiger partial charge in [-0.2, -0.15) is 0 Å². The van der Waals surface area contributed by atoms with Crippen LogP contribution in [0, 0.1) is 0 Å². The van der Waals surface area contributed by atoms with E-state index in [0.717, 1.165) is 122 Å². The first-order valence-electron chi connectivity index (χ1n) is 22.6. The molecule has 0 bridgehead atoms. The van der Waals surface area contributed by atoms with Gasteiger partial charge in [-0.15, -0.1) is 0 Å². The smallest absolute Gasteiger partial charge is 0.306 e. The molecule has 6 nitrogen and oxygen atoms in total. The molecule has 0 aromatic heterocycles. The molecule has 0 saturated heterocycles. The van der Waals surface area contributed by atoms with Crippen molar-refractivity contribution in [3.63, 3.8) is 0 Å². The largest absolute Gasteiger partial charge is 0.462 e. The highest BCUT2D eigenvalue weighted by molar-refractivity contribution is 5.71. The molecule has 0 aliphatic heterocycles. The van der Waals surface area contributed by atoms with Gasteiger partial charge < -0.3 is 14.2 Å². The van der Waals surface area contributed by atoms with Crippen molar-refractivity contribution in [2.45, 2.75) is 226 Å². The van der Waals surface area contributed by atoms with Crippen LogP contribution in [0.3, 0.4) is 0 Å². The van der Waals surface area contributed by atoms with Gasteiger partial charge in [0.25, 0.3) is 0 Å². The van der Waals surface area contributed by atoms with Gasteiger partial charge in [0.2, 0.25) is 0 Å². The number of esters is 3. The molecule has 6 heteroatoms. The van der Waals surface area contributed by atoms with Crippen LogP contribution in [0.25, 0.3) is 0 Å². The molecule has 0 aliphatic carbocycles. The van der Waals surface area contributed by atoms with Crippen molar-refractivity contribution in [1.82, 2.24) is 0 Å². The van der Waals surface area contributed by atoms with E-state index in [2.05, 4.69) is 69.4 Å². The fraction of sp³-hybridized carbons (Fsp3) is 0.771. The summed E-state index contributed by atoms with van der Waals surface area (Å²) in [6.45, 7) is 6.43. The Balaban J connectivity index is 4.41. The van der Waals surface area contributed by atoms with Crippen molar-refractivity contribution < 1.29 is 28.6 Å². The zero-order chi connectivity index (χ0) is 39.4. The number of carbonyl (C=O) groups is 3. The van der Waals surface area contributed by atoms with Gasteiger partial charge in [0.1, 0.15) is 13.2 Å². The third kappa shape index (κ3) is 40.6. The number of hydrogen-bond acceptors (Lipinski definition) is 6. The summed E-state index contributed by atoms with van der Waals surface area (Å²) in [6.07, 6.45) is 49.5. The SMILES string of the molecule is CC/C=C\C/C=C\CCCCCCCC(=O)OC(COC(=O)CCCCC/C=C\CCCCCCCCC)COC(=O)CCCCCC/C=C\CCCC. The normalized spacial score (nSPS) is 12.4. The lowest BCUT2D eigenvalue weighted by molar-refractivity contribution is -0.167. The van der Waals surface area contributed by atoms with E-state index in [-0.39, 0.29) is 31.1 Å². The highest BCUT2D eigenvalue weighted by Gasteiger charge is 2.19. The maximum Gasteiger partial charge on any atom is 0.306 e. The van der Waals surface area contributed by atoms with Crippen LogP contribution in [0.5, 0.6) is 0 Å². The number of allylic oxidation sites excluding steroid dienone is 8. The van der Waals surface area contributed by atoms with Crippen molar-refractivity contribution in [1.29, 1.82) is 0 Å². The average Bonchev–Trinajstić information content (AvgIpc) is 3.17. The molecule has 1 unspecified atom stereocenters. The summed E-state index contributed by atoms with van der Waals surface area (Å²) >= 11 is 0. The van der Waals surface area contributed by atoms with E-state index in [1.165, 1.54) is 57.8 Å². The molecule has 0 radical (unpaired) electrons. The number of rotatable bonds is 40. The van der Waals surface area contributed by atoms with Crippen LogP contribution in [-0.4, -0.2) is 37.2 Å². The van der Waals surface area contributed by atoms with Crippen LogP contribution in [0.4, 0.5) is 0 Å². The van der Waals surface area contributed by atoms with E-state index in [4.69, 9.17) is 14.2 Å². The van der Waals surface area contributed by atoms with Crippen LogP contribution in [0.1, 0.15) is 220 Å². The molecule has 0 rings (SSSR count). The standard InChI is InChI=1S/C48H84O6/c1-4-7-10-13-16-19-22-24-25-27-29-32-35-38-41-47(50)53-44-45(43-52-46(49)40-37-34-31-28-21-18-15-12-9-6-3)54-48(51)42-39-36-33-30-26-23-20-17-14-11-8-5-2/h8,11,15,17-18,20,25,27,45H,4-7,9-10,12-14,16,19,21-24,26,28-44H2,1-3H3/b11-8-,18-15-,20-17-,27-25-. The Hall–Kier alpha value is -2.63. The summed E-state index contributed by atoms with van der Waals surface area (Å²) in [5.41, 5.74) is 0. The molecule has 0 heterocycles. The van der Waals surface area contributed by atoms with Gasteiger partial charge in [-0.1, -0.05) is 159 Å². The molecule has 0 aromatic carbocycles. The summed E-state index contributed by atoms with van der Waals surface area (Å²) in [5, 5.41) is 0. The third-order valence-electron chi connectivity index (χ3n) is 9.54. The lowest BCUT2D eigenvalue weighted by Gasteiger charge is -2.18. The third-order valence-corrected chi connectivity index (χ3v) is 9.54. The lowest BCUT2D eigenvalue weighted by Crippen LogP contribution is -2.30. The highest BCUT2D eigenvalue weighted by Crippen LogP contribution is 2.13. The summed E-state index contributed by atoms with van der Waals surface area (Å²) in [5.74, 6) is -0.936. The average molecular weight is 757 g/mol. The Kier molecular flexibility index (Phi) is 41.0. The molecule has 0 fully saturated rings. The maximum atomic E-state index is 12.7. The van der Waals surface area contributed by atoms with Gasteiger partial charge in [-0.25, -0.2) is 0 Å². The van der Waals surface area contributed by atoms with Gasteiger partial charge in [0, 0.05) is 19.3 Å². The molecule has 0 amide bonds.